The van der Waals surface area contributed by atoms with E-state index in [2.05, 4.69) is 19.2 Å². The molecule has 4 rings (SSSR count). The zero-order chi connectivity index (χ0) is 27.7. The van der Waals surface area contributed by atoms with Crippen LogP contribution in [-0.2, 0) is 33.6 Å². The lowest BCUT2D eigenvalue weighted by Crippen LogP contribution is -2.24. The molecule has 204 valence electrons. The number of alkyl halides is 3. The number of carbonyl (C=O) groups excluding carboxylic acids is 1. The summed E-state index contributed by atoms with van der Waals surface area (Å²) in [5, 5.41) is 19.4. The van der Waals surface area contributed by atoms with Crippen molar-refractivity contribution in [3.05, 3.63) is 76.6 Å². The largest absolute Gasteiger partial charge is 0.416 e. The van der Waals surface area contributed by atoms with Gasteiger partial charge in [-0.15, -0.1) is 0 Å². The van der Waals surface area contributed by atoms with Crippen LogP contribution in [-0.4, -0.2) is 51.8 Å². The summed E-state index contributed by atoms with van der Waals surface area (Å²) in [6.07, 6.45) is -0.171. The number of aryl methyl sites for hydroxylation is 1. The Kier molecular flexibility index (Phi) is 7.97. The molecule has 1 aliphatic rings. The van der Waals surface area contributed by atoms with Crippen molar-refractivity contribution in [1.29, 1.82) is 0 Å². The molecule has 10 nitrogen and oxygen atoms in total. The molecule has 1 aromatic carbocycles. The molecule has 0 amide bonds. The standard InChI is InChI=1S/C24H26F3N5O5S/c1-14-2-3-19(24(25,26)27)16(6-14)11-32-5-4-20(31-32)23(34)18-10-29-13-30-21(18)8-15-7-17(22(33)9-15)12-37-38(28,35)36/h2-6,10,13,15,17,22,33H,7-9,11-12H2,1H3,(H2,28,35,36)/t15-,17+,22-/m0/s1. The molecule has 1 aliphatic carbocycles. The van der Waals surface area contributed by atoms with Crippen LogP contribution in [0.2, 0.25) is 0 Å². The maximum atomic E-state index is 13.4. The molecule has 3 atom stereocenters. The molecule has 1 saturated carbocycles. The van der Waals surface area contributed by atoms with E-state index in [1.165, 1.54) is 41.6 Å². The quantitative estimate of drug-likeness (QED) is 0.384. The van der Waals surface area contributed by atoms with E-state index in [0.29, 0.717) is 30.5 Å². The van der Waals surface area contributed by atoms with Gasteiger partial charge in [0.15, 0.2) is 0 Å². The summed E-state index contributed by atoms with van der Waals surface area (Å²) in [7, 11) is -4.13. The summed E-state index contributed by atoms with van der Waals surface area (Å²) in [5.41, 5.74) is 0.554. The van der Waals surface area contributed by atoms with Gasteiger partial charge in [0.25, 0.3) is 0 Å². The molecular formula is C24H26F3N5O5S. The van der Waals surface area contributed by atoms with E-state index in [1.807, 2.05) is 0 Å². The lowest BCUT2D eigenvalue weighted by atomic mass is 9.96. The normalized spacial score (nSPS) is 20.1. The molecule has 0 saturated heterocycles. The zero-order valence-corrected chi connectivity index (χ0v) is 21.1. The third-order valence-corrected chi connectivity index (χ3v) is 6.96. The highest BCUT2D eigenvalue weighted by molar-refractivity contribution is 7.84. The Morgan fingerprint density at radius 1 is 1.26 bits per heavy atom. The van der Waals surface area contributed by atoms with Gasteiger partial charge in [-0.25, -0.2) is 15.1 Å². The smallest absolute Gasteiger partial charge is 0.393 e. The van der Waals surface area contributed by atoms with E-state index in [-0.39, 0.29) is 35.9 Å². The fourth-order valence-corrected chi connectivity index (χ4v) is 5.10. The number of nitrogens with zero attached hydrogens (tertiary/aromatic N) is 4. The second-order valence-corrected chi connectivity index (χ2v) is 10.6. The number of aliphatic hydroxyl groups is 1. The number of nitrogens with two attached hydrogens (primary N) is 1. The number of carbonyl (C=O) groups is 1. The molecule has 0 spiro atoms. The van der Waals surface area contributed by atoms with Crippen LogP contribution in [0, 0.1) is 18.8 Å². The first-order chi connectivity index (χ1) is 17.8. The summed E-state index contributed by atoms with van der Waals surface area (Å²) < 4.78 is 68.3. The second kappa shape index (κ2) is 10.9. The van der Waals surface area contributed by atoms with Crippen LogP contribution in [0.25, 0.3) is 0 Å². The average Bonchev–Trinajstić information content (AvgIpc) is 3.42. The Balaban J connectivity index is 1.48. The van der Waals surface area contributed by atoms with Crippen LogP contribution >= 0.6 is 0 Å². The number of hydrogen-bond acceptors (Lipinski definition) is 8. The lowest BCUT2D eigenvalue weighted by Gasteiger charge is -2.14. The topological polar surface area (TPSA) is 150 Å². The molecule has 0 bridgehead atoms. The van der Waals surface area contributed by atoms with Gasteiger partial charge in [0.05, 0.1) is 36.1 Å². The third-order valence-electron chi connectivity index (χ3n) is 6.49. The number of rotatable bonds is 9. The van der Waals surface area contributed by atoms with E-state index < -0.39 is 39.8 Å². The Labute approximate surface area is 216 Å². The van der Waals surface area contributed by atoms with Crippen molar-refractivity contribution < 1.29 is 35.7 Å². The SMILES string of the molecule is Cc1ccc(C(F)(F)F)c(Cn2ccc(C(=O)c3cncnc3C[C@@H]3C[C@H](COS(N)(=O)=O)[C@@H](O)C3)n2)c1. The average molecular weight is 554 g/mol. The van der Waals surface area contributed by atoms with Gasteiger partial charge in [-0.2, -0.15) is 26.7 Å². The predicted molar refractivity (Wildman–Crippen MR) is 128 cm³/mol. The van der Waals surface area contributed by atoms with Crippen LogP contribution in [0.4, 0.5) is 13.2 Å². The Hall–Kier alpha value is -3.20. The molecule has 2 heterocycles. The monoisotopic (exact) mass is 553 g/mol. The van der Waals surface area contributed by atoms with Crippen molar-refractivity contribution in [2.24, 2.45) is 17.0 Å². The van der Waals surface area contributed by atoms with Crippen molar-refractivity contribution in [1.82, 2.24) is 19.7 Å². The summed E-state index contributed by atoms with van der Waals surface area (Å²) in [6, 6.07) is 5.27. The third kappa shape index (κ3) is 6.81. The highest BCUT2D eigenvalue weighted by Gasteiger charge is 2.35. The van der Waals surface area contributed by atoms with Gasteiger partial charge in [-0.1, -0.05) is 17.7 Å². The highest BCUT2D eigenvalue weighted by Crippen LogP contribution is 2.35. The number of halogens is 3. The van der Waals surface area contributed by atoms with Gasteiger partial charge in [0.1, 0.15) is 12.0 Å². The van der Waals surface area contributed by atoms with Crippen molar-refractivity contribution in [3.63, 3.8) is 0 Å². The van der Waals surface area contributed by atoms with E-state index in [0.717, 1.165) is 6.07 Å². The number of aliphatic hydroxyl groups excluding tert-OH is 1. The van der Waals surface area contributed by atoms with E-state index >= 15 is 0 Å². The number of aromatic nitrogens is 4. The first kappa shape index (κ1) is 27.8. The van der Waals surface area contributed by atoms with Crippen molar-refractivity contribution >= 4 is 16.1 Å². The molecule has 14 heteroatoms. The van der Waals surface area contributed by atoms with Gasteiger partial charge < -0.3 is 5.11 Å². The molecule has 3 N–H and O–H groups in total. The zero-order valence-electron chi connectivity index (χ0n) is 20.3. The van der Waals surface area contributed by atoms with Crippen LogP contribution in [0.3, 0.4) is 0 Å². The highest BCUT2D eigenvalue weighted by atomic mass is 32.2. The molecule has 38 heavy (non-hydrogen) atoms. The molecule has 3 aromatic rings. The first-order valence-corrected chi connectivity index (χ1v) is 13.2. The van der Waals surface area contributed by atoms with E-state index in [4.69, 9.17) is 5.14 Å². The summed E-state index contributed by atoms with van der Waals surface area (Å²) in [6.45, 7) is 1.27. The van der Waals surface area contributed by atoms with Gasteiger partial charge in [-0.05, 0) is 49.8 Å². The molecule has 0 aliphatic heterocycles. The fraction of sp³-hybridized carbons (Fsp3) is 0.417. The summed E-state index contributed by atoms with van der Waals surface area (Å²) in [4.78, 5) is 21.4. The number of hydrogen-bond donors (Lipinski definition) is 2. The minimum Gasteiger partial charge on any atom is -0.393 e. The fourth-order valence-electron chi connectivity index (χ4n) is 4.74. The van der Waals surface area contributed by atoms with E-state index in [1.54, 1.807) is 6.92 Å². The summed E-state index contributed by atoms with van der Waals surface area (Å²) >= 11 is 0. The summed E-state index contributed by atoms with van der Waals surface area (Å²) in [5.74, 6) is -1.05. The van der Waals surface area contributed by atoms with Crippen molar-refractivity contribution in [2.75, 3.05) is 6.61 Å². The van der Waals surface area contributed by atoms with Crippen LogP contribution in [0.15, 0.2) is 43.0 Å². The van der Waals surface area contributed by atoms with E-state index in [9.17, 15) is 31.5 Å². The van der Waals surface area contributed by atoms with Gasteiger partial charge >= 0.3 is 16.5 Å². The molecule has 1 fully saturated rings. The predicted octanol–water partition coefficient (Wildman–Crippen LogP) is 2.43. The maximum Gasteiger partial charge on any atom is 0.416 e. The second-order valence-electron chi connectivity index (χ2n) is 9.42. The first-order valence-electron chi connectivity index (χ1n) is 11.7. The van der Waals surface area contributed by atoms with Crippen molar-refractivity contribution in [3.8, 4) is 0 Å². The Morgan fingerprint density at radius 3 is 2.74 bits per heavy atom. The number of ketones is 1. The van der Waals surface area contributed by atoms with Crippen LogP contribution < -0.4 is 5.14 Å². The minimum atomic E-state index is -4.53. The van der Waals surface area contributed by atoms with Crippen molar-refractivity contribution in [2.45, 2.75) is 45.0 Å². The molecule has 0 radical (unpaired) electrons. The van der Waals surface area contributed by atoms with Gasteiger partial charge in [0.2, 0.25) is 5.78 Å². The lowest BCUT2D eigenvalue weighted by molar-refractivity contribution is -0.138. The molecule has 2 aromatic heterocycles. The van der Waals surface area contributed by atoms with Gasteiger partial charge in [-0.3, -0.25) is 13.7 Å². The minimum absolute atomic E-state index is 0.0214. The number of benzene rings is 1. The Morgan fingerprint density at radius 2 is 2.03 bits per heavy atom. The maximum absolute atomic E-state index is 13.4. The van der Waals surface area contributed by atoms with Crippen LogP contribution in [0.1, 0.15) is 51.3 Å². The van der Waals surface area contributed by atoms with Crippen LogP contribution in [0.5, 0.6) is 0 Å². The molecular weight excluding hydrogens is 527 g/mol. The molecule has 0 unspecified atom stereocenters. The Bertz CT molecular complexity index is 1430. The van der Waals surface area contributed by atoms with Gasteiger partial charge in [0, 0.05) is 18.3 Å².